The van der Waals surface area contributed by atoms with Crippen LogP contribution in [0.1, 0.15) is 83.6 Å². The Labute approximate surface area is 177 Å². The number of nitrogens with zero attached hydrogens (tertiary/aromatic N) is 2. The fourth-order valence-electron chi connectivity index (χ4n) is 6.96. The first-order valence-corrected chi connectivity index (χ1v) is 12.1. The van der Waals surface area contributed by atoms with Crippen molar-refractivity contribution in [1.29, 1.82) is 0 Å². The minimum absolute atomic E-state index is 0.203. The van der Waals surface area contributed by atoms with E-state index in [-0.39, 0.29) is 5.41 Å². The van der Waals surface area contributed by atoms with Crippen LogP contribution in [0.4, 0.5) is 5.69 Å². The van der Waals surface area contributed by atoms with Crippen molar-refractivity contribution in [3.63, 3.8) is 0 Å². The van der Waals surface area contributed by atoms with Crippen molar-refractivity contribution in [2.75, 3.05) is 4.90 Å². The molecule has 2 aliphatic carbocycles. The summed E-state index contributed by atoms with van der Waals surface area (Å²) in [4.78, 5) is 5.44. The lowest BCUT2D eigenvalue weighted by atomic mass is 9.68. The Kier molecular flexibility index (Phi) is 5.00. The van der Waals surface area contributed by atoms with Gasteiger partial charge in [-0.2, -0.15) is 0 Å². The van der Waals surface area contributed by atoms with E-state index in [2.05, 4.69) is 67.1 Å². The van der Waals surface area contributed by atoms with Gasteiger partial charge in [0, 0.05) is 28.7 Å². The second-order valence-corrected chi connectivity index (χ2v) is 10.2. The lowest BCUT2D eigenvalue weighted by Gasteiger charge is -2.41. The maximum absolute atomic E-state index is 2.73. The van der Waals surface area contributed by atoms with Gasteiger partial charge in [-0.05, 0) is 63.0 Å². The molecule has 2 heterocycles. The molecule has 0 amide bonds. The zero-order valence-electron chi connectivity index (χ0n) is 18.7. The highest BCUT2D eigenvalue weighted by Gasteiger charge is 2.51. The fraction of sp³-hybridized carbons (Fsp3) is 0.630. The summed E-state index contributed by atoms with van der Waals surface area (Å²) < 4.78 is 0. The van der Waals surface area contributed by atoms with E-state index in [1.807, 2.05) is 0 Å². The number of allylic oxidation sites excluding steroid dienone is 2. The minimum atomic E-state index is 0.203. The molecule has 4 aliphatic rings. The summed E-state index contributed by atoms with van der Waals surface area (Å²) in [6, 6.07) is 9.03. The topological polar surface area (TPSA) is 6.48 Å². The SMILES string of the molecule is CC1=C2N(C=CC2(C)C2CCCCC2)C(C2CCCCC2)N1c1ccccc1C. The average molecular weight is 391 g/mol. The number of anilines is 1. The van der Waals surface area contributed by atoms with E-state index in [4.69, 9.17) is 0 Å². The summed E-state index contributed by atoms with van der Waals surface area (Å²) in [5, 5.41) is 0. The molecule has 2 aliphatic heterocycles. The first-order valence-electron chi connectivity index (χ1n) is 12.1. The van der Waals surface area contributed by atoms with E-state index in [1.165, 1.54) is 81.2 Å². The fourth-order valence-corrected chi connectivity index (χ4v) is 6.96. The standard InChI is InChI=1S/C27H38N2/c1-20-12-10-11-17-24(20)29-21(2)25-27(3,23-15-8-5-9-16-23)18-19-28(25)26(29)22-13-6-4-7-14-22/h10-12,17-19,22-23,26H,4-9,13-16H2,1-3H3. The Balaban J connectivity index is 1.59. The van der Waals surface area contributed by atoms with Crippen molar-refractivity contribution >= 4 is 5.69 Å². The second kappa shape index (κ2) is 7.52. The normalized spacial score (nSPS) is 31.1. The molecule has 2 saturated carbocycles. The zero-order valence-corrected chi connectivity index (χ0v) is 18.7. The molecule has 0 aromatic heterocycles. The van der Waals surface area contributed by atoms with Crippen LogP contribution in [0.5, 0.6) is 0 Å². The van der Waals surface area contributed by atoms with Crippen LogP contribution in [0, 0.1) is 24.2 Å². The molecule has 2 atom stereocenters. The van der Waals surface area contributed by atoms with Gasteiger partial charge in [-0.1, -0.05) is 69.7 Å². The van der Waals surface area contributed by atoms with Crippen LogP contribution < -0.4 is 4.90 Å². The number of rotatable bonds is 3. The number of hydrogen-bond acceptors (Lipinski definition) is 2. The molecule has 2 heteroatoms. The molecule has 156 valence electrons. The summed E-state index contributed by atoms with van der Waals surface area (Å²) in [5.41, 5.74) is 6.14. The predicted molar refractivity (Wildman–Crippen MR) is 122 cm³/mol. The third-order valence-corrected chi connectivity index (χ3v) is 8.50. The van der Waals surface area contributed by atoms with Crippen LogP contribution in [-0.4, -0.2) is 11.1 Å². The number of hydrogen-bond donors (Lipinski definition) is 0. The van der Waals surface area contributed by atoms with Crippen molar-refractivity contribution in [1.82, 2.24) is 4.90 Å². The van der Waals surface area contributed by atoms with Crippen molar-refractivity contribution < 1.29 is 0 Å². The molecule has 0 saturated heterocycles. The molecule has 1 aromatic rings. The largest absolute Gasteiger partial charge is 0.328 e. The van der Waals surface area contributed by atoms with Crippen molar-refractivity contribution in [2.24, 2.45) is 17.3 Å². The van der Waals surface area contributed by atoms with Crippen LogP contribution in [0.2, 0.25) is 0 Å². The van der Waals surface area contributed by atoms with Gasteiger partial charge in [-0.25, -0.2) is 0 Å². The molecule has 0 bridgehead atoms. The zero-order chi connectivity index (χ0) is 20.0. The average Bonchev–Trinajstić information content (AvgIpc) is 3.26. The molecule has 0 radical (unpaired) electrons. The van der Waals surface area contributed by atoms with E-state index < -0.39 is 0 Å². The Bertz CT molecular complexity index is 810. The summed E-state index contributed by atoms with van der Waals surface area (Å²) in [6.07, 6.45) is 19.5. The van der Waals surface area contributed by atoms with Crippen LogP contribution in [0.25, 0.3) is 0 Å². The Morgan fingerprint density at radius 1 is 0.862 bits per heavy atom. The Morgan fingerprint density at radius 2 is 1.52 bits per heavy atom. The van der Waals surface area contributed by atoms with Gasteiger partial charge >= 0.3 is 0 Å². The van der Waals surface area contributed by atoms with E-state index in [0.717, 1.165) is 11.8 Å². The maximum atomic E-state index is 2.73. The Hall–Kier alpha value is -1.70. The van der Waals surface area contributed by atoms with Gasteiger partial charge in [-0.15, -0.1) is 0 Å². The second-order valence-electron chi connectivity index (χ2n) is 10.2. The minimum Gasteiger partial charge on any atom is -0.328 e. The highest BCUT2D eigenvalue weighted by atomic mass is 15.4. The van der Waals surface area contributed by atoms with E-state index >= 15 is 0 Å². The van der Waals surface area contributed by atoms with Gasteiger partial charge in [0.05, 0.1) is 0 Å². The first-order chi connectivity index (χ1) is 14.1. The summed E-state index contributed by atoms with van der Waals surface area (Å²) in [7, 11) is 0. The first kappa shape index (κ1) is 19.3. The highest BCUT2D eigenvalue weighted by molar-refractivity contribution is 5.62. The molecule has 29 heavy (non-hydrogen) atoms. The summed E-state index contributed by atoms with van der Waals surface area (Å²) >= 11 is 0. The molecule has 5 rings (SSSR count). The van der Waals surface area contributed by atoms with Crippen molar-refractivity contribution in [3.05, 3.63) is 53.5 Å². The summed E-state index contributed by atoms with van der Waals surface area (Å²) in [5.74, 6) is 1.56. The molecule has 2 unspecified atom stereocenters. The highest BCUT2D eigenvalue weighted by Crippen LogP contribution is 2.56. The van der Waals surface area contributed by atoms with Gasteiger partial charge in [-0.3, -0.25) is 0 Å². The summed E-state index contributed by atoms with van der Waals surface area (Å²) in [6.45, 7) is 7.23. The number of fused-ring (bicyclic) bond motifs is 1. The third-order valence-electron chi connectivity index (χ3n) is 8.50. The number of aryl methyl sites for hydroxylation is 1. The molecular weight excluding hydrogens is 352 g/mol. The van der Waals surface area contributed by atoms with Crippen LogP contribution in [0.15, 0.2) is 47.9 Å². The molecule has 2 fully saturated rings. The molecule has 1 aromatic carbocycles. The van der Waals surface area contributed by atoms with Crippen LogP contribution in [-0.2, 0) is 0 Å². The molecule has 2 nitrogen and oxygen atoms in total. The monoisotopic (exact) mass is 390 g/mol. The van der Waals surface area contributed by atoms with Gasteiger partial charge in [0.2, 0.25) is 0 Å². The number of benzene rings is 1. The van der Waals surface area contributed by atoms with Gasteiger partial charge in [0.25, 0.3) is 0 Å². The van der Waals surface area contributed by atoms with E-state index in [1.54, 1.807) is 5.70 Å². The molecule has 0 N–H and O–H groups in total. The lowest BCUT2D eigenvalue weighted by Crippen LogP contribution is -2.45. The van der Waals surface area contributed by atoms with Gasteiger partial charge in [0.1, 0.15) is 6.17 Å². The van der Waals surface area contributed by atoms with Crippen molar-refractivity contribution in [2.45, 2.75) is 91.1 Å². The number of para-hydroxylation sites is 1. The quantitative estimate of drug-likeness (QED) is 0.531. The lowest BCUT2D eigenvalue weighted by molar-refractivity contribution is 0.174. The van der Waals surface area contributed by atoms with Gasteiger partial charge < -0.3 is 9.80 Å². The third kappa shape index (κ3) is 3.05. The van der Waals surface area contributed by atoms with Gasteiger partial charge in [0.15, 0.2) is 0 Å². The molecular formula is C27H38N2. The predicted octanol–water partition coefficient (Wildman–Crippen LogP) is 7.37. The molecule has 0 spiro atoms. The van der Waals surface area contributed by atoms with Crippen molar-refractivity contribution in [3.8, 4) is 0 Å². The van der Waals surface area contributed by atoms with Crippen LogP contribution in [0.3, 0.4) is 0 Å². The van der Waals surface area contributed by atoms with Crippen LogP contribution >= 0.6 is 0 Å². The van der Waals surface area contributed by atoms with E-state index in [9.17, 15) is 0 Å². The maximum Gasteiger partial charge on any atom is 0.113 e. The Morgan fingerprint density at radius 3 is 2.21 bits per heavy atom. The smallest absolute Gasteiger partial charge is 0.113 e. The van der Waals surface area contributed by atoms with E-state index in [0.29, 0.717) is 6.17 Å².